The average Bonchev–Trinajstić information content (AvgIpc) is 3.82. The molecule has 6 heteroatoms. The molecule has 0 N–H and O–H groups in total. The molecule has 4 nitrogen and oxygen atoms in total. The first kappa shape index (κ1) is 27.6. The van der Waals surface area contributed by atoms with Crippen molar-refractivity contribution < 1.29 is 14.0 Å². The second-order valence-corrected chi connectivity index (χ2v) is 18.0. The zero-order valence-corrected chi connectivity index (χ0v) is 26.0. The lowest BCUT2D eigenvalue weighted by Gasteiger charge is -2.44. The summed E-state index contributed by atoms with van der Waals surface area (Å²) in [5, 5.41) is 7.93. The molecule has 2 aliphatic carbocycles. The topological polar surface area (TPSA) is 55.7 Å². The van der Waals surface area contributed by atoms with Gasteiger partial charge in [0.1, 0.15) is 20.4 Å². The van der Waals surface area contributed by atoms with Crippen LogP contribution in [0.15, 0.2) is 157 Å². The van der Waals surface area contributed by atoms with E-state index < -0.39 is 19.9 Å². The number of oxime groups is 1. The van der Waals surface area contributed by atoms with Gasteiger partial charge in [-0.05, 0) is 17.9 Å². The molecule has 8 rings (SSSR count). The van der Waals surface area contributed by atoms with Crippen LogP contribution in [0.2, 0.25) is 0 Å². The SMILES string of the molecule is O=P(c1ccccc1)(c1ccccc1)C1C2CC(C3C(c4ccccc4)=NOC23)C1P(=O)(c1ccccc1)c1ccccc1. The third-order valence-corrected chi connectivity index (χ3v) is 17.6. The van der Waals surface area contributed by atoms with Crippen LogP contribution in [0.5, 0.6) is 0 Å². The Morgan fingerprint density at radius 3 is 1.27 bits per heavy atom. The van der Waals surface area contributed by atoms with Crippen LogP contribution in [0.4, 0.5) is 0 Å². The van der Waals surface area contributed by atoms with Crippen LogP contribution in [0.3, 0.4) is 0 Å². The molecule has 0 amide bonds. The minimum absolute atomic E-state index is 0.0237. The highest BCUT2D eigenvalue weighted by molar-refractivity contribution is 7.83. The van der Waals surface area contributed by atoms with Gasteiger partial charge in [-0.25, -0.2) is 0 Å². The van der Waals surface area contributed by atoms with E-state index in [1.807, 2.05) is 140 Å². The van der Waals surface area contributed by atoms with Gasteiger partial charge in [0.05, 0.1) is 5.71 Å². The summed E-state index contributed by atoms with van der Waals surface area (Å²) < 4.78 is 32.6. The van der Waals surface area contributed by atoms with E-state index >= 15 is 9.13 Å². The number of nitrogens with zero attached hydrogens (tertiary/aromatic N) is 1. The zero-order valence-electron chi connectivity index (χ0n) is 24.2. The van der Waals surface area contributed by atoms with Crippen LogP contribution in [-0.4, -0.2) is 23.1 Å². The van der Waals surface area contributed by atoms with Gasteiger partial charge < -0.3 is 14.0 Å². The van der Waals surface area contributed by atoms with E-state index in [0.29, 0.717) is 0 Å². The zero-order chi connectivity index (χ0) is 29.7. The molecule has 1 heterocycles. The molecule has 1 aliphatic heterocycles. The maximum atomic E-state index is 16.4. The highest BCUT2D eigenvalue weighted by Crippen LogP contribution is 2.73. The van der Waals surface area contributed by atoms with Crippen LogP contribution in [-0.2, 0) is 14.0 Å². The first-order valence-electron chi connectivity index (χ1n) is 15.3. The predicted octanol–water partition coefficient (Wildman–Crippen LogP) is 6.82. The number of benzene rings is 5. The fourth-order valence-corrected chi connectivity index (χ4v) is 16.9. The van der Waals surface area contributed by atoms with Gasteiger partial charge in [-0.15, -0.1) is 0 Å². The maximum Gasteiger partial charge on any atom is 0.147 e. The van der Waals surface area contributed by atoms with Crippen LogP contribution in [0.1, 0.15) is 12.0 Å². The van der Waals surface area contributed by atoms with Gasteiger partial charge >= 0.3 is 0 Å². The van der Waals surface area contributed by atoms with E-state index in [1.54, 1.807) is 0 Å². The number of hydrogen-bond donors (Lipinski definition) is 0. The molecule has 0 aromatic heterocycles. The molecular formula is C38H33NO3P2. The molecule has 2 saturated carbocycles. The van der Waals surface area contributed by atoms with Gasteiger partial charge in [0.2, 0.25) is 0 Å². The highest BCUT2D eigenvalue weighted by atomic mass is 31.2. The smallest absolute Gasteiger partial charge is 0.147 e. The van der Waals surface area contributed by atoms with Crippen LogP contribution in [0, 0.1) is 17.8 Å². The summed E-state index contributed by atoms with van der Waals surface area (Å²) in [6.45, 7) is 0. The second kappa shape index (κ2) is 10.9. The Bertz CT molecular complexity index is 1810. The predicted molar refractivity (Wildman–Crippen MR) is 180 cm³/mol. The van der Waals surface area contributed by atoms with Crippen molar-refractivity contribution in [1.29, 1.82) is 0 Å². The molecule has 5 aromatic rings. The standard InChI is InChI=1S/C38H33NO3P2/c40-43(28-18-8-2-9-19-28,29-20-10-3-11-21-29)37-32-26-33(36-34(32)35(39-42-36)27-16-6-1-7-17-27)38(37)44(41,30-22-12-4-13-23-30)31-24-14-5-15-25-31/h1-25,32-34,36-38H,26H2. The molecule has 3 aliphatic rings. The molecule has 218 valence electrons. The Morgan fingerprint density at radius 1 is 0.500 bits per heavy atom. The normalized spacial score (nSPS) is 25.7. The molecule has 0 spiro atoms. The summed E-state index contributed by atoms with van der Waals surface area (Å²) in [6, 6.07) is 49.8. The molecule has 6 unspecified atom stereocenters. The summed E-state index contributed by atoms with van der Waals surface area (Å²) >= 11 is 0. The number of hydrogen-bond acceptors (Lipinski definition) is 4. The van der Waals surface area contributed by atoms with E-state index in [-0.39, 0.29) is 29.5 Å². The highest BCUT2D eigenvalue weighted by Gasteiger charge is 2.70. The van der Waals surface area contributed by atoms with Crippen LogP contribution < -0.4 is 21.2 Å². The van der Waals surface area contributed by atoms with E-state index in [9.17, 15) is 0 Å². The van der Waals surface area contributed by atoms with E-state index in [1.165, 1.54) is 0 Å². The van der Waals surface area contributed by atoms with Crippen molar-refractivity contribution in [2.75, 3.05) is 0 Å². The van der Waals surface area contributed by atoms with E-state index in [4.69, 9.17) is 9.99 Å². The van der Waals surface area contributed by atoms with Crippen molar-refractivity contribution in [3.8, 4) is 0 Å². The Balaban J connectivity index is 1.39. The maximum absolute atomic E-state index is 16.4. The van der Waals surface area contributed by atoms with Gasteiger partial charge in [-0.3, -0.25) is 0 Å². The van der Waals surface area contributed by atoms with Crippen molar-refractivity contribution in [1.82, 2.24) is 0 Å². The van der Waals surface area contributed by atoms with Crippen molar-refractivity contribution in [2.45, 2.75) is 23.8 Å². The molecule has 44 heavy (non-hydrogen) atoms. The molecule has 0 saturated heterocycles. The lowest BCUT2D eigenvalue weighted by Crippen LogP contribution is -2.50. The van der Waals surface area contributed by atoms with Gasteiger partial charge in [0, 0.05) is 44.4 Å². The Morgan fingerprint density at radius 2 is 0.864 bits per heavy atom. The summed E-state index contributed by atoms with van der Waals surface area (Å²) in [6.07, 6.45) is 0.585. The fourth-order valence-electron chi connectivity index (χ4n) is 8.39. The summed E-state index contributed by atoms with van der Waals surface area (Å²) in [4.78, 5) is 6.32. The summed E-state index contributed by atoms with van der Waals surface area (Å²) in [7, 11) is -6.71. The van der Waals surface area contributed by atoms with Crippen molar-refractivity contribution >= 4 is 41.2 Å². The fraction of sp³-hybridized carbons (Fsp3) is 0.184. The van der Waals surface area contributed by atoms with Gasteiger partial charge in [0.25, 0.3) is 0 Å². The third-order valence-electron chi connectivity index (χ3n) is 10.1. The second-order valence-electron chi connectivity index (χ2n) is 12.1. The van der Waals surface area contributed by atoms with Crippen LogP contribution >= 0.6 is 14.3 Å². The third kappa shape index (κ3) is 4.08. The number of rotatable bonds is 7. The van der Waals surface area contributed by atoms with Crippen LogP contribution in [0.25, 0.3) is 0 Å². The Kier molecular flexibility index (Phi) is 6.82. The molecule has 2 fully saturated rings. The molecular weight excluding hydrogens is 580 g/mol. The lowest BCUT2D eigenvalue weighted by molar-refractivity contribution is 0.0293. The number of fused-ring (bicyclic) bond motifs is 5. The Labute approximate surface area is 258 Å². The quantitative estimate of drug-likeness (QED) is 0.189. The average molecular weight is 614 g/mol. The van der Waals surface area contributed by atoms with Gasteiger partial charge in [-0.2, -0.15) is 0 Å². The van der Waals surface area contributed by atoms with E-state index in [2.05, 4.69) is 12.1 Å². The van der Waals surface area contributed by atoms with Gasteiger partial charge in [0.15, 0.2) is 0 Å². The lowest BCUT2D eigenvalue weighted by atomic mass is 9.80. The van der Waals surface area contributed by atoms with Gasteiger partial charge in [-0.1, -0.05) is 157 Å². The van der Waals surface area contributed by atoms with Crippen molar-refractivity contribution in [2.24, 2.45) is 22.9 Å². The summed E-state index contributed by atoms with van der Waals surface area (Å²) in [5.41, 5.74) is 1.19. The summed E-state index contributed by atoms with van der Waals surface area (Å²) in [5.74, 6) is -0.125. The Hall–Kier alpha value is -3.97. The van der Waals surface area contributed by atoms with Crippen molar-refractivity contribution in [3.05, 3.63) is 157 Å². The first-order valence-corrected chi connectivity index (χ1v) is 18.9. The van der Waals surface area contributed by atoms with Crippen molar-refractivity contribution in [3.63, 3.8) is 0 Å². The molecule has 6 atom stereocenters. The molecule has 5 aromatic carbocycles. The first-order chi connectivity index (χ1) is 21.6. The molecule has 0 radical (unpaired) electrons. The monoisotopic (exact) mass is 613 g/mol. The minimum atomic E-state index is -3.36. The van der Waals surface area contributed by atoms with E-state index in [0.717, 1.165) is 38.9 Å². The molecule has 2 bridgehead atoms. The minimum Gasteiger partial charge on any atom is -0.391 e. The largest absolute Gasteiger partial charge is 0.391 e.